The molecule has 324 valence electrons. The van der Waals surface area contributed by atoms with Gasteiger partial charge in [0.05, 0.1) is 5.56 Å². The molecule has 7 nitrogen and oxygen atoms in total. The van der Waals surface area contributed by atoms with Crippen molar-refractivity contribution in [2.24, 2.45) is 0 Å². The predicted octanol–water partition coefficient (Wildman–Crippen LogP) is 15.2. The summed E-state index contributed by atoms with van der Waals surface area (Å²) in [6.07, 6.45) is 40.0. The Balaban J connectivity index is 1.46. The molecule has 0 fully saturated rings. The molecule has 1 heterocycles. The summed E-state index contributed by atoms with van der Waals surface area (Å²) < 4.78 is 17.1. The Kier molecular flexibility index (Phi) is 27.1. The van der Waals surface area contributed by atoms with Gasteiger partial charge in [-0.2, -0.15) is 0 Å². The number of ether oxygens (including phenoxy) is 3. The standard InChI is InChI=1S/C52H75NO6/c1-3-5-7-9-11-13-15-17-19-21-23-25-27-31-50(54)57-48-40-45(34-33-44-35-37-47(38-36-44)59-52(56)46-30-29-39-53-43-46)41-49(42-48)58-51(55)32-28-26-24-22-20-18-16-14-12-10-8-6-4-2/h29-30,33-43H,3-28,31-32H2,1-2H3/b34-33+. The number of hydrogen-bond acceptors (Lipinski definition) is 7. The fourth-order valence-corrected chi connectivity index (χ4v) is 7.24. The molecule has 1 aromatic heterocycles. The van der Waals surface area contributed by atoms with Crippen LogP contribution in [0.5, 0.6) is 17.2 Å². The van der Waals surface area contributed by atoms with Gasteiger partial charge in [-0.1, -0.05) is 192 Å². The number of benzene rings is 2. The van der Waals surface area contributed by atoms with Gasteiger partial charge < -0.3 is 14.2 Å². The molecule has 3 aromatic rings. The van der Waals surface area contributed by atoms with Gasteiger partial charge in [0.15, 0.2) is 0 Å². The lowest BCUT2D eigenvalue weighted by Crippen LogP contribution is -2.10. The van der Waals surface area contributed by atoms with Crippen molar-refractivity contribution in [3.05, 3.63) is 83.7 Å². The van der Waals surface area contributed by atoms with Gasteiger partial charge in [-0.25, -0.2) is 4.79 Å². The molecule has 3 rings (SSSR count). The average Bonchev–Trinajstić information content (AvgIpc) is 3.24. The summed E-state index contributed by atoms with van der Waals surface area (Å²) in [6, 6.07) is 15.7. The molecule has 0 saturated carbocycles. The summed E-state index contributed by atoms with van der Waals surface area (Å²) >= 11 is 0. The van der Waals surface area contributed by atoms with E-state index in [2.05, 4.69) is 18.8 Å². The summed E-state index contributed by atoms with van der Waals surface area (Å²) in [4.78, 5) is 42.2. The highest BCUT2D eigenvalue weighted by atomic mass is 16.5. The Labute approximate surface area is 357 Å². The van der Waals surface area contributed by atoms with Crippen LogP contribution in [-0.4, -0.2) is 22.9 Å². The van der Waals surface area contributed by atoms with Crippen LogP contribution in [0.1, 0.15) is 215 Å². The number of aromatic nitrogens is 1. The van der Waals surface area contributed by atoms with Crippen LogP contribution in [0, 0.1) is 0 Å². The van der Waals surface area contributed by atoms with Crippen molar-refractivity contribution in [1.29, 1.82) is 0 Å². The molecule has 0 N–H and O–H groups in total. The van der Waals surface area contributed by atoms with Crippen LogP contribution in [0.3, 0.4) is 0 Å². The fraction of sp³-hybridized carbons (Fsp3) is 0.577. The summed E-state index contributed by atoms with van der Waals surface area (Å²) in [5, 5.41) is 0. The van der Waals surface area contributed by atoms with Crippen molar-refractivity contribution >= 4 is 30.1 Å². The molecule has 0 bridgehead atoms. The third-order valence-corrected chi connectivity index (χ3v) is 10.8. The van der Waals surface area contributed by atoms with Gasteiger partial charge in [-0.15, -0.1) is 0 Å². The summed E-state index contributed by atoms with van der Waals surface area (Å²) in [6.45, 7) is 4.52. The van der Waals surface area contributed by atoms with E-state index in [-0.39, 0.29) is 11.9 Å². The van der Waals surface area contributed by atoms with E-state index in [1.54, 1.807) is 48.7 Å². The number of pyridine rings is 1. The summed E-state index contributed by atoms with van der Waals surface area (Å²) in [5.74, 6) is 0.0929. The Morgan fingerprint density at radius 2 is 0.864 bits per heavy atom. The summed E-state index contributed by atoms with van der Waals surface area (Å²) in [7, 11) is 0. The molecule has 0 amide bonds. The first-order valence-corrected chi connectivity index (χ1v) is 23.4. The second kappa shape index (κ2) is 32.6. The number of carbonyl (C=O) groups excluding carboxylic acids is 3. The molecule has 59 heavy (non-hydrogen) atoms. The first kappa shape index (κ1) is 49.1. The smallest absolute Gasteiger partial charge is 0.345 e. The van der Waals surface area contributed by atoms with E-state index in [0.29, 0.717) is 35.7 Å². The maximum Gasteiger partial charge on any atom is 0.345 e. The van der Waals surface area contributed by atoms with Crippen LogP contribution >= 0.6 is 0 Å². The van der Waals surface area contributed by atoms with Crippen LogP contribution < -0.4 is 14.2 Å². The Morgan fingerprint density at radius 1 is 0.458 bits per heavy atom. The van der Waals surface area contributed by atoms with Gasteiger partial charge in [0.2, 0.25) is 0 Å². The molecule has 7 heteroatoms. The lowest BCUT2D eigenvalue weighted by molar-refractivity contribution is -0.135. The zero-order chi connectivity index (χ0) is 42.0. The number of esters is 3. The molecule has 0 radical (unpaired) electrons. The van der Waals surface area contributed by atoms with E-state index in [4.69, 9.17) is 14.2 Å². The third-order valence-electron chi connectivity index (χ3n) is 10.8. The maximum atomic E-state index is 12.9. The minimum Gasteiger partial charge on any atom is -0.426 e. The molecule has 0 aliphatic carbocycles. The highest BCUT2D eigenvalue weighted by Gasteiger charge is 2.12. The molecule has 0 saturated heterocycles. The second-order valence-electron chi connectivity index (χ2n) is 16.2. The number of unbranched alkanes of at least 4 members (excludes halogenated alkanes) is 24. The number of hydrogen-bond donors (Lipinski definition) is 0. The quantitative estimate of drug-likeness (QED) is 0.0257. The van der Waals surface area contributed by atoms with Crippen molar-refractivity contribution < 1.29 is 28.6 Å². The van der Waals surface area contributed by atoms with Gasteiger partial charge >= 0.3 is 17.9 Å². The van der Waals surface area contributed by atoms with E-state index >= 15 is 0 Å². The van der Waals surface area contributed by atoms with Gasteiger partial charge in [-0.05, 0) is 60.4 Å². The third kappa shape index (κ3) is 24.4. The second-order valence-corrected chi connectivity index (χ2v) is 16.2. The predicted molar refractivity (Wildman–Crippen MR) is 243 cm³/mol. The van der Waals surface area contributed by atoms with E-state index in [9.17, 15) is 14.4 Å². The lowest BCUT2D eigenvalue weighted by Gasteiger charge is -2.10. The Morgan fingerprint density at radius 3 is 1.27 bits per heavy atom. The van der Waals surface area contributed by atoms with E-state index < -0.39 is 5.97 Å². The van der Waals surface area contributed by atoms with E-state index in [0.717, 1.165) is 49.7 Å². The minimum absolute atomic E-state index is 0.283. The van der Waals surface area contributed by atoms with E-state index in [1.165, 1.54) is 135 Å². The normalized spacial score (nSPS) is 11.2. The van der Waals surface area contributed by atoms with Crippen molar-refractivity contribution in [2.75, 3.05) is 0 Å². The molecule has 2 aromatic carbocycles. The van der Waals surface area contributed by atoms with Gasteiger partial charge in [0, 0.05) is 31.3 Å². The van der Waals surface area contributed by atoms with E-state index in [1.807, 2.05) is 24.3 Å². The molecule has 0 spiro atoms. The molecular weight excluding hydrogens is 735 g/mol. The van der Waals surface area contributed by atoms with Crippen LogP contribution in [0.2, 0.25) is 0 Å². The highest BCUT2D eigenvalue weighted by Crippen LogP contribution is 2.27. The molecule has 0 unspecified atom stereocenters. The first-order chi connectivity index (χ1) is 29.0. The van der Waals surface area contributed by atoms with Crippen molar-refractivity contribution in [3.63, 3.8) is 0 Å². The number of nitrogens with zero attached hydrogens (tertiary/aromatic N) is 1. The molecular formula is C52H75NO6. The van der Waals surface area contributed by atoms with Gasteiger partial charge in [-0.3, -0.25) is 14.6 Å². The minimum atomic E-state index is -0.474. The first-order valence-electron chi connectivity index (χ1n) is 23.4. The van der Waals surface area contributed by atoms with Crippen molar-refractivity contribution in [3.8, 4) is 17.2 Å². The van der Waals surface area contributed by atoms with Gasteiger partial charge in [0.1, 0.15) is 17.2 Å². The van der Waals surface area contributed by atoms with Crippen LogP contribution in [-0.2, 0) is 9.59 Å². The van der Waals surface area contributed by atoms with Crippen molar-refractivity contribution in [1.82, 2.24) is 4.98 Å². The fourth-order valence-electron chi connectivity index (χ4n) is 7.24. The monoisotopic (exact) mass is 810 g/mol. The van der Waals surface area contributed by atoms with Crippen LogP contribution in [0.15, 0.2) is 67.0 Å². The average molecular weight is 810 g/mol. The zero-order valence-corrected chi connectivity index (χ0v) is 36.7. The molecule has 0 aliphatic heterocycles. The summed E-state index contributed by atoms with van der Waals surface area (Å²) in [5.41, 5.74) is 1.98. The SMILES string of the molecule is CCCCCCCCCCCCCCCC(=O)Oc1cc(/C=C/c2ccc(OC(=O)c3cccnc3)cc2)cc(OC(=O)CCCCCCCCCCCCCCC)c1. The molecule has 0 aliphatic rings. The topological polar surface area (TPSA) is 91.8 Å². The number of rotatable bonds is 34. The zero-order valence-electron chi connectivity index (χ0n) is 36.7. The number of carbonyl (C=O) groups is 3. The Bertz CT molecular complexity index is 1520. The van der Waals surface area contributed by atoms with Crippen LogP contribution in [0.4, 0.5) is 0 Å². The van der Waals surface area contributed by atoms with Crippen molar-refractivity contribution in [2.45, 2.75) is 194 Å². The lowest BCUT2D eigenvalue weighted by atomic mass is 10.0. The van der Waals surface area contributed by atoms with Crippen LogP contribution in [0.25, 0.3) is 12.2 Å². The highest BCUT2D eigenvalue weighted by molar-refractivity contribution is 5.90. The molecule has 0 atom stereocenters. The van der Waals surface area contributed by atoms with Gasteiger partial charge in [0.25, 0.3) is 0 Å². The Hall–Kier alpha value is -4.26. The maximum absolute atomic E-state index is 12.9. The largest absolute Gasteiger partial charge is 0.426 e.